The molecule has 0 heterocycles. The standard InChI is InChI=1S/C20H33BF2O2Si/c1-4-5-11-26(2,3)12-7-6-8-15-9-10-17-16(13-15)14-18(22)20(23)19(17)21(24)25/h14-15,24-25H,4-13H2,1-3H3. The van der Waals surface area contributed by atoms with Gasteiger partial charge < -0.3 is 10.0 Å². The van der Waals surface area contributed by atoms with E-state index in [9.17, 15) is 18.8 Å². The molecule has 2 nitrogen and oxygen atoms in total. The molecule has 1 aliphatic rings. The van der Waals surface area contributed by atoms with Crippen LogP contribution >= 0.6 is 0 Å². The van der Waals surface area contributed by atoms with E-state index in [0.29, 0.717) is 24.3 Å². The molecule has 2 rings (SSSR count). The Morgan fingerprint density at radius 1 is 1.15 bits per heavy atom. The van der Waals surface area contributed by atoms with E-state index in [1.54, 1.807) is 0 Å². The fraction of sp³-hybridized carbons (Fsp3) is 0.700. The highest BCUT2D eigenvalue weighted by Crippen LogP contribution is 2.30. The number of rotatable bonds is 9. The second kappa shape index (κ2) is 9.47. The average molecular weight is 382 g/mol. The molecule has 1 aromatic carbocycles. The summed E-state index contributed by atoms with van der Waals surface area (Å²) in [5, 5.41) is 18.8. The molecule has 0 aromatic heterocycles. The van der Waals surface area contributed by atoms with Gasteiger partial charge in [0.2, 0.25) is 0 Å². The van der Waals surface area contributed by atoms with Crippen molar-refractivity contribution in [3.63, 3.8) is 0 Å². The summed E-state index contributed by atoms with van der Waals surface area (Å²) >= 11 is 0. The van der Waals surface area contributed by atoms with E-state index in [-0.39, 0.29) is 5.46 Å². The van der Waals surface area contributed by atoms with Crippen LogP contribution in [0.4, 0.5) is 8.78 Å². The van der Waals surface area contributed by atoms with E-state index in [4.69, 9.17) is 0 Å². The topological polar surface area (TPSA) is 40.5 Å². The lowest BCUT2D eigenvalue weighted by Crippen LogP contribution is -2.39. The minimum absolute atomic E-state index is 0.262. The Morgan fingerprint density at radius 2 is 1.85 bits per heavy atom. The van der Waals surface area contributed by atoms with Crippen molar-refractivity contribution in [3.05, 3.63) is 28.8 Å². The lowest BCUT2D eigenvalue weighted by atomic mass is 9.70. The van der Waals surface area contributed by atoms with E-state index in [0.717, 1.165) is 18.4 Å². The van der Waals surface area contributed by atoms with Crippen LogP contribution in [0.5, 0.6) is 0 Å². The van der Waals surface area contributed by atoms with Gasteiger partial charge >= 0.3 is 7.12 Å². The highest BCUT2D eigenvalue weighted by Gasteiger charge is 2.30. The molecule has 1 unspecified atom stereocenters. The maximum absolute atomic E-state index is 13.9. The molecule has 146 valence electrons. The van der Waals surface area contributed by atoms with Crippen LogP contribution in [0, 0.1) is 17.6 Å². The molecule has 2 N–H and O–H groups in total. The third-order valence-electron chi connectivity index (χ3n) is 5.95. The first-order valence-corrected chi connectivity index (χ1v) is 13.5. The maximum Gasteiger partial charge on any atom is 0.491 e. The quantitative estimate of drug-likeness (QED) is 0.490. The Bertz CT molecular complexity index is 608. The first-order valence-electron chi connectivity index (χ1n) is 10.1. The van der Waals surface area contributed by atoms with Gasteiger partial charge in [0.1, 0.15) is 0 Å². The molecule has 0 fully saturated rings. The van der Waals surface area contributed by atoms with Gasteiger partial charge in [-0.15, -0.1) is 0 Å². The van der Waals surface area contributed by atoms with Gasteiger partial charge in [-0.25, -0.2) is 8.78 Å². The number of unbranched alkanes of at least 4 members (excludes halogenated alkanes) is 2. The van der Waals surface area contributed by atoms with E-state index >= 15 is 0 Å². The monoisotopic (exact) mass is 382 g/mol. The van der Waals surface area contributed by atoms with Gasteiger partial charge in [-0.1, -0.05) is 64.2 Å². The summed E-state index contributed by atoms with van der Waals surface area (Å²) in [6.45, 7) is 7.22. The van der Waals surface area contributed by atoms with Crippen LogP contribution in [0.25, 0.3) is 0 Å². The molecule has 0 aliphatic heterocycles. The summed E-state index contributed by atoms with van der Waals surface area (Å²) in [5.41, 5.74) is 1.09. The predicted octanol–water partition coefficient (Wildman–Crippen LogP) is 4.43. The van der Waals surface area contributed by atoms with Gasteiger partial charge in [0, 0.05) is 13.5 Å². The molecule has 0 spiro atoms. The van der Waals surface area contributed by atoms with Crippen LogP contribution in [-0.2, 0) is 12.8 Å². The second-order valence-electron chi connectivity index (χ2n) is 8.72. The van der Waals surface area contributed by atoms with Crippen molar-refractivity contribution >= 4 is 20.7 Å². The number of hydrogen-bond donors (Lipinski definition) is 2. The van der Waals surface area contributed by atoms with Crippen LogP contribution in [-0.4, -0.2) is 25.2 Å². The van der Waals surface area contributed by atoms with Crippen LogP contribution < -0.4 is 5.46 Å². The summed E-state index contributed by atoms with van der Waals surface area (Å²) in [7, 11) is -3.00. The normalized spacial score (nSPS) is 17.3. The van der Waals surface area contributed by atoms with Crippen molar-refractivity contribution in [2.45, 2.75) is 83.5 Å². The SMILES string of the molecule is CCCC[Si](C)(C)CCCCC1CCc2c(cc(F)c(F)c2B(O)O)C1. The molecule has 0 saturated carbocycles. The minimum Gasteiger partial charge on any atom is -0.423 e. The van der Waals surface area contributed by atoms with Crippen molar-refractivity contribution in [1.82, 2.24) is 0 Å². The van der Waals surface area contributed by atoms with Crippen LogP contribution in [0.1, 0.15) is 56.6 Å². The van der Waals surface area contributed by atoms with Crippen molar-refractivity contribution in [3.8, 4) is 0 Å². The molecular weight excluding hydrogens is 349 g/mol. The molecule has 1 aromatic rings. The Kier molecular flexibility index (Phi) is 7.86. The molecular formula is C20H33BF2O2Si. The van der Waals surface area contributed by atoms with E-state index in [2.05, 4.69) is 20.0 Å². The minimum atomic E-state index is -1.95. The lowest BCUT2D eigenvalue weighted by molar-refractivity contribution is 0.401. The van der Waals surface area contributed by atoms with Gasteiger partial charge in [-0.3, -0.25) is 0 Å². The largest absolute Gasteiger partial charge is 0.491 e. The van der Waals surface area contributed by atoms with Crippen molar-refractivity contribution in [2.24, 2.45) is 5.92 Å². The highest BCUT2D eigenvalue weighted by atomic mass is 28.3. The molecule has 1 aliphatic carbocycles. The summed E-state index contributed by atoms with van der Waals surface area (Å²) in [6, 6.07) is 4.04. The molecule has 0 amide bonds. The van der Waals surface area contributed by atoms with Gasteiger partial charge in [-0.2, -0.15) is 0 Å². The average Bonchev–Trinajstić information content (AvgIpc) is 2.58. The number of hydrogen-bond acceptors (Lipinski definition) is 2. The Morgan fingerprint density at radius 3 is 2.50 bits per heavy atom. The second-order valence-corrected chi connectivity index (χ2v) is 14.0. The van der Waals surface area contributed by atoms with E-state index in [1.807, 2.05) is 0 Å². The third-order valence-corrected chi connectivity index (χ3v) is 9.37. The predicted molar refractivity (Wildman–Crippen MR) is 108 cm³/mol. The first-order chi connectivity index (χ1) is 12.2. The van der Waals surface area contributed by atoms with Gasteiger partial charge in [0.15, 0.2) is 11.6 Å². The molecule has 0 bridgehead atoms. The smallest absolute Gasteiger partial charge is 0.423 e. The lowest BCUT2D eigenvalue weighted by Gasteiger charge is -2.27. The van der Waals surface area contributed by atoms with E-state index < -0.39 is 26.8 Å². The van der Waals surface area contributed by atoms with E-state index in [1.165, 1.54) is 43.8 Å². The number of benzene rings is 1. The Hall–Kier alpha value is -0.718. The van der Waals surface area contributed by atoms with Gasteiger partial charge in [0.05, 0.1) is 0 Å². The van der Waals surface area contributed by atoms with Crippen LogP contribution in [0.3, 0.4) is 0 Å². The zero-order valence-corrected chi connectivity index (χ0v) is 17.5. The molecule has 0 radical (unpaired) electrons. The zero-order chi connectivity index (χ0) is 19.3. The molecule has 26 heavy (non-hydrogen) atoms. The fourth-order valence-electron chi connectivity index (χ4n) is 4.31. The first kappa shape index (κ1) is 21.6. The fourth-order valence-corrected chi connectivity index (χ4v) is 7.08. The molecule has 0 saturated heterocycles. The van der Waals surface area contributed by atoms with Crippen molar-refractivity contribution < 1.29 is 18.8 Å². The Labute approximate surface area is 158 Å². The summed E-state index contributed by atoms with van der Waals surface area (Å²) in [4.78, 5) is 0. The van der Waals surface area contributed by atoms with Crippen LogP contribution in [0.15, 0.2) is 6.07 Å². The number of fused-ring (bicyclic) bond motifs is 1. The van der Waals surface area contributed by atoms with Crippen LogP contribution in [0.2, 0.25) is 25.2 Å². The Balaban J connectivity index is 1.89. The summed E-state index contributed by atoms with van der Waals surface area (Å²) in [5.74, 6) is -1.61. The van der Waals surface area contributed by atoms with Crippen molar-refractivity contribution in [1.29, 1.82) is 0 Å². The third kappa shape index (κ3) is 5.64. The van der Waals surface area contributed by atoms with Gasteiger partial charge in [-0.05, 0) is 42.4 Å². The van der Waals surface area contributed by atoms with Gasteiger partial charge in [0.25, 0.3) is 0 Å². The molecule has 6 heteroatoms. The summed E-state index contributed by atoms with van der Waals surface area (Å²) in [6.07, 6.45) is 8.43. The maximum atomic E-state index is 13.9. The van der Waals surface area contributed by atoms with Crippen molar-refractivity contribution in [2.75, 3.05) is 0 Å². The summed E-state index contributed by atoms with van der Waals surface area (Å²) < 4.78 is 27.7. The zero-order valence-electron chi connectivity index (χ0n) is 16.5. The molecule has 1 atom stereocenters. The highest BCUT2D eigenvalue weighted by molar-refractivity contribution is 6.77. The number of halogens is 2.